The Kier molecular flexibility index (Phi) is 4.47. The number of hydrogen-bond acceptors (Lipinski definition) is 3. The van der Waals surface area contributed by atoms with Gasteiger partial charge in [0.25, 0.3) is 0 Å². The van der Waals surface area contributed by atoms with Gasteiger partial charge in [-0.25, -0.2) is 0 Å². The molecule has 0 aliphatic heterocycles. The van der Waals surface area contributed by atoms with E-state index in [1.54, 1.807) is 7.11 Å². The normalized spacial score (nSPS) is 15.8. The van der Waals surface area contributed by atoms with Crippen LogP contribution < -0.4 is 5.73 Å². The summed E-state index contributed by atoms with van der Waals surface area (Å²) in [7, 11) is 1.64. The molecule has 1 rings (SSSR count). The summed E-state index contributed by atoms with van der Waals surface area (Å²) < 4.78 is 5.28. The van der Waals surface area contributed by atoms with Gasteiger partial charge in [0.15, 0.2) is 0 Å². The first kappa shape index (κ1) is 13.2. The number of aliphatic hydroxyl groups excluding tert-OH is 1. The van der Waals surface area contributed by atoms with Crippen molar-refractivity contribution < 1.29 is 9.84 Å². The Hall–Kier alpha value is -0.900. The van der Waals surface area contributed by atoms with Crippen LogP contribution in [0.3, 0.4) is 0 Å². The molecular weight excluding hydrogens is 202 g/mol. The van der Waals surface area contributed by atoms with E-state index < -0.39 is 6.10 Å². The van der Waals surface area contributed by atoms with Crippen molar-refractivity contribution in [3.8, 4) is 0 Å². The van der Waals surface area contributed by atoms with E-state index in [9.17, 15) is 5.11 Å². The summed E-state index contributed by atoms with van der Waals surface area (Å²) in [6.07, 6.45) is -0.0862. The van der Waals surface area contributed by atoms with E-state index in [1.807, 2.05) is 44.2 Å². The molecule has 2 atom stereocenters. The maximum absolute atomic E-state index is 10.0. The molecule has 3 heteroatoms. The van der Waals surface area contributed by atoms with Crippen LogP contribution >= 0.6 is 0 Å². The largest absolute Gasteiger partial charge is 0.391 e. The van der Waals surface area contributed by atoms with Crippen LogP contribution in [0, 0.1) is 0 Å². The highest BCUT2D eigenvalue weighted by molar-refractivity contribution is 5.19. The lowest BCUT2D eigenvalue weighted by Crippen LogP contribution is -2.35. The van der Waals surface area contributed by atoms with E-state index in [0.717, 1.165) is 5.56 Å². The minimum Gasteiger partial charge on any atom is -0.391 e. The Morgan fingerprint density at radius 3 is 2.38 bits per heavy atom. The number of methoxy groups -OCH3 is 1. The average Bonchev–Trinajstić information content (AvgIpc) is 2.28. The summed E-state index contributed by atoms with van der Waals surface area (Å²) in [4.78, 5) is 0. The van der Waals surface area contributed by atoms with E-state index in [1.165, 1.54) is 0 Å². The predicted molar refractivity (Wildman–Crippen MR) is 65.1 cm³/mol. The van der Waals surface area contributed by atoms with Crippen LogP contribution in [-0.2, 0) is 4.74 Å². The lowest BCUT2D eigenvalue weighted by molar-refractivity contribution is -0.0253. The molecule has 0 aliphatic carbocycles. The lowest BCUT2D eigenvalue weighted by atomic mass is 9.93. The van der Waals surface area contributed by atoms with Gasteiger partial charge in [-0.1, -0.05) is 30.3 Å². The minimum absolute atomic E-state index is 0.355. The molecule has 0 radical (unpaired) electrons. The van der Waals surface area contributed by atoms with E-state index in [-0.39, 0.29) is 11.6 Å². The van der Waals surface area contributed by atoms with Crippen molar-refractivity contribution in [2.45, 2.75) is 38.0 Å². The summed E-state index contributed by atoms with van der Waals surface area (Å²) in [5.74, 6) is 0. The zero-order valence-corrected chi connectivity index (χ0v) is 10.2. The van der Waals surface area contributed by atoms with E-state index in [2.05, 4.69) is 0 Å². The Labute approximate surface area is 97.2 Å². The third-order valence-electron chi connectivity index (χ3n) is 2.85. The monoisotopic (exact) mass is 223 g/mol. The highest BCUT2D eigenvalue weighted by atomic mass is 16.5. The van der Waals surface area contributed by atoms with Gasteiger partial charge in [-0.2, -0.15) is 0 Å². The Balaban J connectivity index is 2.65. The summed E-state index contributed by atoms with van der Waals surface area (Å²) in [5, 5.41) is 10.0. The molecule has 16 heavy (non-hydrogen) atoms. The number of nitrogens with two attached hydrogens (primary N) is 1. The smallest absolute Gasteiger partial charge is 0.0760 e. The molecule has 0 bridgehead atoms. The fourth-order valence-corrected chi connectivity index (χ4v) is 1.61. The highest BCUT2D eigenvalue weighted by Gasteiger charge is 2.26. The van der Waals surface area contributed by atoms with Gasteiger partial charge >= 0.3 is 0 Å². The number of hydrogen-bond donors (Lipinski definition) is 2. The molecule has 3 nitrogen and oxygen atoms in total. The van der Waals surface area contributed by atoms with Crippen molar-refractivity contribution in [2.24, 2.45) is 5.73 Å². The maximum Gasteiger partial charge on any atom is 0.0760 e. The number of rotatable bonds is 5. The van der Waals surface area contributed by atoms with Gasteiger partial charge in [0.05, 0.1) is 17.7 Å². The molecular formula is C13H21NO2. The molecule has 0 aliphatic rings. The van der Waals surface area contributed by atoms with Gasteiger partial charge in [-0.15, -0.1) is 0 Å². The maximum atomic E-state index is 10.0. The predicted octanol–water partition coefficient (Wildman–Crippen LogP) is 1.86. The van der Waals surface area contributed by atoms with Crippen LogP contribution in [0.4, 0.5) is 0 Å². The van der Waals surface area contributed by atoms with Gasteiger partial charge < -0.3 is 15.6 Å². The third-order valence-corrected chi connectivity index (χ3v) is 2.85. The molecule has 0 saturated carbocycles. The van der Waals surface area contributed by atoms with E-state index in [4.69, 9.17) is 10.5 Å². The number of aliphatic hydroxyl groups is 1. The van der Waals surface area contributed by atoms with Crippen LogP contribution in [0.15, 0.2) is 30.3 Å². The standard InChI is InChI=1S/C13H21NO2/c1-13(2,16-3)9-11(15)12(14)10-7-5-4-6-8-10/h4-8,11-12,15H,9,14H2,1-3H3. The molecule has 0 heterocycles. The fraction of sp³-hybridized carbons (Fsp3) is 0.538. The van der Waals surface area contributed by atoms with Crippen LogP contribution in [0.25, 0.3) is 0 Å². The first-order chi connectivity index (χ1) is 7.46. The molecule has 2 unspecified atom stereocenters. The molecule has 1 aromatic carbocycles. The van der Waals surface area contributed by atoms with Crippen LogP contribution in [0.2, 0.25) is 0 Å². The molecule has 0 amide bonds. The summed E-state index contributed by atoms with van der Waals surface area (Å²) in [6.45, 7) is 3.88. The van der Waals surface area contributed by atoms with Crippen molar-refractivity contribution >= 4 is 0 Å². The van der Waals surface area contributed by atoms with Crippen molar-refractivity contribution in [3.63, 3.8) is 0 Å². The highest BCUT2D eigenvalue weighted by Crippen LogP contribution is 2.23. The topological polar surface area (TPSA) is 55.5 Å². The van der Waals surface area contributed by atoms with Gasteiger partial charge in [-0.3, -0.25) is 0 Å². The summed E-state index contributed by atoms with van der Waals surface area (Å²) >= 11 is 0. The molecule has 0 saturated heterocycles. The van der Waals surface area contributed by atoms with Crippen molar-refractivity contribution in [3.05, 3.63) is 35.9 Å². The average molecular weight is 223 g/mol. The first-order valence-corrected chi connectivity index (χ1v) is 5.50. The molecule has 0 aromatic heterocycles. The SMILES string of the molecule is COC(C)(C)CC(O)C(N)c1ccccc1. The van der Waals surface area contributed by atoms with Gasteiger partial charge in [0, 0.05) is 13.5 Å². The fourth-order valence-electron chi connectivity index (χ4n) is 1.61. The second-order valence-corrected chi connectivity index (χ2v) is 4.67. The quantitative estimate of drug-likeness (QED) is 0.801. The second-order valence-electron chi connectivity index (χ2n) is 4.67. The Morgan fingerprint density at radius 2 is 1.88 bits per heavy atom. The van der Waals surface area contributed by atoms with Crippen molar-refractivity contribution in [2.75, 3.05) is 7.11 Å². The van der Waals surface area contributed by atoms with Gasteiger partial charge in [0.2, 0.25) is 0 Å². The summed E-state index contributed by atoms with van der Waals surface area (Å²) in [6, 6.07) is 9.26. The van der Waals surface area contributed by atoms with Gasteiger partial charge in [0.1, 0.15) is 0 Å². The molecule has 90 valence electrons. The Morgan fingerprint density at radius 1 is 1.31 bits per heavy atom. The van der Waals surface area contributed by atoms with Crippen LogP contribution in [-0.4, -0.2) is 23.9 Å². The molecule has 0 fully saturated rings. The zero-order chi connectivity index (χ0) is 12.2. The zero-order valence-electron chi connectivity index (χ0n) is 10.2. The van der Waals surface area contributed by atoms with E-state index in [0.29, 0.717) is 6.42 Å². The molecule has 0 spiro atoms. The Bertz CT molecular complexity index is 311. The van der Waals surface area contributed by atoms with Gasteiger partial charge in [-0.05, 0) is 19.4 Å². The molecule has 1 aromatic rings. The second kappa shape index (κ2) is 5.43. The van der Waals surface area contributed by atoms with Crippen molar-refractivity contribution in [1.29, 1.82) is 0 Å². The first-order valence-electron chi connectivity index (χ1n) is 5.50. The van der Waals surface area contributed by atoms with Crippen LogP contribution in [0.5, 0.6) is 0 Å². The van der Waals surface area contributed by atoms with Crippen molar-refractivity contribution in [1.82, 2.24) is 0 Å². The third kappa shape index (κ3) is 3.59. The van der Waals surface area contributed by atoms with Crippen LogP contribution in [0.1, 0.15) is 31.9 Å². The summed E-state index contributed by atoms with van der Waals surface area (Å²) in [5.41, 5.74) is 6.59. The minimum atomic E-state index is -0.600. The number of ether oxygens (including phenoxy) is 1. The van der Waals surface area contributed by atoms with E-state index >= 15 is 0 Å². The lowest BCUT2D eigenvalue weighted by Gasteiger charge is -2.28. The number of benzene rings is 1. The molecule has 3 N–H and O–H groups in total.